The quantitative estimate of drug-likeness (QED) is 0.835. The molecule has 0 bridgehead atoms. The first-order valence-corrected chi connectivity index (χ1v) is 3.81. The Morgan fingerprint density at radius 3 is 2.73 bits per heavy atom. The number of pyridine rings is 1. The summed E-state index contributed by atoms with van der Waals surface area (Å²) < 4.78 is 40.1. The van der Waals surface area contributed by atoms with E-state index in [9.17, 15) is 18.0 Å². The second kappa shape index (κ2) is 4.63. The number of aromatic nitrogens is 1. The van der Waals surface area contributed by atoms with Gasteiger partial charge in [0.1, 0.15) is 0 Å². The molecule has 0 aliphatic carbocycles. The van der Waals surface area contributed by atoms with Gasteiger partial charge < -0.3 is 9.84 Å². The molecule has 1 heterocycles. The summed E-state index contributed by atoms with van der Waals surface area (Å²) >= 11 is 0. The fourth-order valence-corrected chi connectivity index (χ4v) is 0.882. The van der Waals surface area contributed by atoms with Gasteiger partial charge in [-0.1, -0.05) is 0 Å². The van der Waals surface area contributed by atoms with E-state index in [0.717, 1.165) is 12.1 Å². The second-order valence-corrected chi connectivity index (χ2v) is 2.54. The molecule has 0 aliphatic rings. The Labute approximate surface area is 82.3 Å². The maximum Gasteiger partial charge on any atom is 0.388 e. The molecule has 0 unspecified atom stereocenters. The molecule has 1 N–H and O–H groups in total. The van der Waals surface area contributed by atoms with Crippen molar-refractivity contribution in [3.05, 3.63) is 23.6 Å². The Morgan fingerprint density at radius 2 is 2.20 bits per heavy atom. The average Bonchev–Trinajstić information content (AvgIpc) is 2.09. The molecule has 0 saturated heterocycles. The van der Waals surface area contributed by atoms with E-state index in [4.69, 9.17) is 5.11 Å². The van der Waals surface area contributed by atoms with Gasteiger partial charge >= 0.3 is 12.6 Å². The van der Waals surface area contributed by atoms with Crippen LogP contribution in [0.3, 0.4) is 0 Å². The van der Waals surface area contributed by atoms with Crippen LogP contribution in [-0.2, 0) is 11.2 Å². The van der Waals surface area contributed by atoms with Gasteiger partial charge in [-0.15, -0.1) is 0 Å². The highest BCUT2D eigenvalue weighted by atomic mass is 19.3. The van der Waals surface area contributed by atoms with Crippen LogP contribution in [0.15, 0.2) is 12.1 Å². The van der Waals surface area contributed by atoms with Crippen molar-refractivity contribution in [3.8, 4) is 5.88 Å². The Hall–Kier alpha value is -1.79. The molecule has 4 nitrogen and oxygen atoms in total. The van der Waals surface area contributed by atoms with Crippen LogP contribution in [-0.4, -0.2) is 22.7 Å². The minimum absolute atomic E-state index is 0.0560. The lowest BCUT2D eigenvalue weighted by molar-refractivity contribution is -0.136. The molecule has 0 amide bonds. The van der Waals surface area contributed by atoms with Gasteiger partial charge in [0, 0.05) is 0 Å². The third-order valence-electron chi connectivity index (χ3n) is 1.40. The zero-order valence-electron chi connectivity index (χ0n) is 7.28. The van der Waals surface area contributed by atoms with Crippen molar-refractivity contribution in [2.45, 2.75) is 13.0 Å². The van der Waals surface area contributed by atoms with Crippen LogP contribution >= 0.6 is 0 Å². The highest BCUT2D eigenvalue weighted by molar-refractivity contribution is 5.69. The third-order valence-corrected chi connectivity index (χ3v) is 1.40. The van der Waals surface area contributed by atoms with Gasteiger partial charge in [-0.3, -0.25) is 4.79 Å². The van der Waals surface area contributed by atoms with Crippen molar-refractivity contribution in [1.29, 1.82) is 0 Å². The summed E-state index contributed by atoms with van der Waals surface area (Å²) in [5.74, 6) is -3.16. The number of aliphatic carboxylic acids is 1. The summed E-state index contributed by atoms with van der Waals surface area (Å²) in [7, 11) is 0. The Kier molecular flexibility index (Phi) is 3.48. The number of carboxylic acid groups (broad SMARTS) is 1. The van der Waals surface area contributed by atoms with Crippen LogP contribution in [0, 0.1) is 5.82 Å². The highest BCUT2D eigenvalue weighted by Crippen LogP contribution is 2.16. The maximum absolute atomic E-state index is 12.8. The number of ether oxygens (including phenoxy) is 1. The standard InChI is InChI=1S/C8H6F3NO3/c9-5-2-1-4(3-6(13)14)12-7(5)15-8(10)11/h1-2,8H,3H2,(H,13,14). The highest BCUT2D eigenvalue weighted by Gasteiger charge is 2.13. The molecule has 0 atom stereocenters. The summed E-state index contributed by atoms with van der Waals surface area (Å²) in [4.78, 5) is 13.6. The van der Waals surface area contributed by atoms with E-state index in [0.29, 0.717) is 0 Å². The van der Waals surface area contributed by atoms with Crippen molar-refractivity contribution in [2.24, 2.45) is 0 Å². The molecular weight excluding hydrogens is 215 g/mol. The molecule has 82 valence electrons. The van der Waals surface area contributed by atoms with E-state index in [-0.39, 0.29) is 5.69 Å². The van der Waals surface area contributed by atoms with Crippen LogP contribution in [0.4, 0.5) is 13.2 Å². The molecule has 0 saturated carbocycles. The summed E-state index contributed by atoms with van der Waals surface area (Å²) in [6.45, 7) is -3.20. The van der Waals surface area contributed by atoms with E-state index in [1.807, 2.05) is 0 Å². The van der Waals surface area contributed by atoms with Crippen LogP contribution < -0.4 is 4.74 Å². The topological polar surface area (TPSA) is 59.4 Å². The molecule has 1 rings (SSSR count). The molecule has 0 aliphatic heterocycles. The Morgan fingerprint density at radius 1 is 1.53 bits per heavy atom. The summed E-state index contributed by atoms with van der Waals surface area (Å²) in [6, 6.07) is 1.91. The van der Waals surface area contributed by atoms with Crippen molar-refractivity contribution in [2.75, 3.05) is 0 Å². The van der Waals surface area contributed by atoms with Crippen molar-refractivity contribution < 1.29 is 27.8 Å². The molecule has 1 aromatic heterocycles. The number of alkyl halides is 2. The molecule has 15 heavy (non-hydrogen) atoms. The van der Waals surface area contributed by atoms with Crippen molar-refractivity contribution in [3.63, 3.8) is 0 Å². The monoisotopic (exact) mass is 221 g/mol. The van der Waals surface area contributed by atoms with Crippen LogP contribution in [0.1, 0.15) is 5.69 Å². The van der Waals surface area contributed by atoms with E-state index in [1.54, 1.807) is 0 Å². The number of halogens is 3. The van der Waals surface area contributed by atoms with Gasteiger partial charge in [0.05, 0.1) is 12.1 Å². The fourth-order valence-electron chi connectivity index (χ4n) is 0.882. The van der Waals surface area contributed by atoms with Gasteiger partial charge in [-0.05, 0) is 12.1 Å². The lowest BCUT2D eigenvalue weighted by Gasteiger charge is -2.05. The predicted molar refractivity (Wildman–Crippen MR) is 42.2 cm³/mol. The lowest BCUT2D eigenvalue weighted by Crippen LogP contribution is -2.08. The molecule has 7 heteroatoms. The zero-order valence-corrected chi connectivity index (χ0v) is 7.28. The number of carboxylic acids is 1. The summed E-state index contributed by atoms with van der Waals surface area (Å²) in [6.07, 6.45) is -0.486. The van der Waals surface area contributed by atoms with E-state index in [2.05, 4.69) is 9.72 Å². The van der Waals surface area contributed by atoms with Gasteiger partial charge in [0.2, 0.25) is 0 Å². The van der Waals surface area contributed by atoms with E-state index >= 15 is 0 Å². The molecular formula is C8H6F3NO3. The van der Waals surface area contributed by atoms with Crippen LogP contribution in [0.5, 0.6) is 5.88 Å². The van der Waals surface area contributed by atoms with Crippen molar-refractivity contribution in [1.82, 2.24) is 4.98 Å². The summed E-state index contributed by atoms with van der Waals surface area (Å²) in [5, 5.41) is 8.39. The number of nitrogens with zero attached hydrogens (tertiary/aromatic N) is 1. The number of hydrogen-bond acceptors (Lipinski definition) is 3. The Balaban J connectivity index is 2.89. The number of hydrogen-bond donors (Lipinski definition) is 1. The number of carbonyl (C=O) groups is 1. The zero-order chi connectivity index (χ0) is 11.4. The van der Waals surface area contributed by atoms with Crippen LogP contribution in [0.2, 0.25) is 0 Å². The normalized spacial score (nSPS) is 10.4. The minimum atomic E-state index is -3.20. The fraction of sp³-hybridized carbons (Fsp3) is 0.250. The molecule has 0 spiro atoms. The van der Waals surface area contributed by atoms with Gasteiger partial charge in [0.25, 0.3) is 5.88 Å². The Bertz CT molecular complexity index is 370. The van der Waals surface area contributed by atoms with Crippen molar-refractivity contribution >= 4 is 5.97 Å². The predicted octanol–water partition coefficient (Wildman–Crippen LogP) is 1.45. The number of rotatable bonds is 4. The van der Waals surface area contributed by atoms with Gasteiger partial charge in [0.15, 0.2) is 5.82 Å². The average molecular weight is 221 g/mol. The van der Waals surface area contributed by atoms with E-state index < -0.39 is 30.7 Å². The first kappa shape index (κ1) is 11.3. The first-order chi connectivity index (χ1) is 6.99. The minimum Gasteiger partial charge on any atom is -0.481 e. The van der Waals surface area contributed by atoms with Crippen LogP contribution in [0.25, 0.3) is 0 Å². The van der Waals surface area contributed by atoms with Gasteiger partial charge in [-0.2, -0.15) is 8.78 Å². The smallest absolute Gasteiger partial charge is 0.388 e. The molecule has 0 fully saturated rings. The van der Waals surface area contributed by atoms with E-state index in [1.165, 1.54) is 0 Å². The van der Waals surface area contributed by atoms with Gasteiger partial charge in [-0.25, -0.2) is 9.37 Å². The largest absolute Gasteiger partial charge is 0.481 e. The summed E-state index contributed by atoms with van der Waals surface area (Å²) in [5.41, 5.74) is -0.0560. The lowest BCUT2D eigenvalue weighted by atomic mass is 10.3. The second-order valence-electron chi connectivity index (χ2n) is 2.54. The SMILES string of the molecule is O=C(O)Cc1ccc(F)c(OC(F)F)n1. The first-order valence-electron chi connectivity index (χ1n) is 3.81. The molecule has 0 aromatic carbocycles. The molecule has 1 aromatic rings. The maximum atomic E-state index is 12.8. The molecule has 0 radical (unpaired) electrons. The third kappa shape index (κ3) is 3.45.